The number of nitrogens with zero attached hydrogens (tertiary/aromatic N) is 4. The minimum absolute atomic E-state index is 0.322. The molecule has 1 aromatic carbocycles. The Bertz CT molecular complexity index is 1030. The van der Waals surface area contributed by atoms with Gasteiger partial charge < -0.3 is 0 Å². The van der Waals surface area contributed by atoms with Crippen LogP contribution in [0.15, 0.2) is 35.2 Å². The molecule has 0 atom stereocenters. The maximum atomic E-state index is 12.7. The average molecular weight is 375 g/mol. The van der Waals surface area contributed by atoms with Crippen molar-refractivity contribution in [3.8, 4) is 11.4 Å². The van der Waals surface area contributed by atoms with E-state index >= 15 is 0 Å². The van der Waals surface area contributed by atoms with E-state index in [1.54, 1.807) is 28.9 Å². The molecule has 0 unspecified atom stereocenters. The number of thiophene rings is 1. The van der Waals surface area contributed by atoms with Gasteiger partial charge in [-0.2, -0.15) is 0 Å². The fourth-order valence-electron chi connectivity index (χ4n) is 2.75. The third kappa shape index (κ3) is 3.16. The minimum Gasteiger partial charge on any atom is -0.280 e. The molecule has 0 radical (unpaired) electrons. The predicted octanol–water partition coefficient (Wildman–Crippen LogP) is 3.15. The standard InChI is InChI=1S/C16H17N5O2S2/c1-10-8-15(11(2)24-10)25(22,23)18-13-5-3-4-12(9-13)16-17-19-20-21(16)14-6-7-14/h3-5,8-9,14,18H,6-7H2,1-2H3. The molecule has 1 saturated carbocycles. The monoisotopic (exact) mass is 375 g/mol. The second kappa shape index (κ2) is 5.92. The summed E-state index contributed by atoms with van der Waals surface area (Å²) in [5.74, 6) is 0.658. The van der Waals surface area contributed by atoms with Crippen LogP contribution in [0.3, 0.4) is 0 Å². The number of anilines is 1. The third-order valence-corrected chi connectivity index (χ3v) is 6.65. The van der Waals surface area contributed by atoms with Gasteiger partial charge in [0.05, 0.1) is 6.04 Å². The van der Waals surface area contributed by atoms with Gasteiger partial charge in [0.25, 0.3) is 10.0 Å². The molecule has 0 amide bonds. The van der Waals surface area contributed by atoms with Crippen molar-refractivity contribution in [1.29, 1.82) is 0 Å². The minimum atomic E-state index is -3.62. The molecule has 4 rings (SSSR count). The van der Waals surface area contributed by atoms with Crippen LogP contribution in [0.1, 0.15) is 28.6 Å². The van der Waals surface area contributed by atoms with E-state index in [0.717, 1.165) is 28.2 Å². The first-order valence-corrected chi connectivity index (χ1v) is 10.2. The molecule has 0 aliphatic heterocycles. The van der Waals surface area contributed by atoms with Crippen LogP contribution in [0.2, 0.25) is 0 Å². The first kappa shape index (κ1) is 16.2. The number of hydrogen-bond acceptors (Lipinski definition) is 6. The van der Waals surface area contributed by atoms with Crippen LogP contribution >= 0.6 is 11.3 Å². The Labute approximate surface area is 149 Å². The quantitative estimate of drug-likeness (QED) is 0.740. The number of benzene rings is 1. The lowest BCUT2D eigenvalue weighted by Gasteiger charge is -2.09. The van der Waals surface area contributed by atoms with Gasteiger partial charge in [0, 0.05) is 21.0 Å². The highest BCUT2D eigenvalue weighted by molar-refractivity contribution is 7.93. The molecular weight excluding hydrogens is 358 g/mol. The summed E-state index contributed by atoms with van der Waals surface area (Å²) in [6.07, 6.45) is 2.14. The van der Waals surface area contributed by atoms with Crippen molar-refractivity contribution in [2.75, 3.05) is 4.72 Å². The van der Waals surface area contributed by atoms with Gasteiger partial charge >= 0.3 is 0 Å². The van der Waals surface area contributed by atoms with Crippen LogP contribution < -0.4 is 4.72 Å². The Hall–Kier alpha value is -2.26. The molecule has 2 heterocycles. The highest BCUT2D eigenvalue weighted by atomic mass is 32.2. The van der Waals surface area contributed by atoms with Gasteiger partial charge in [0.15, 0.2) is 5.82 Å². The fraction of sp³-hybridized carbons (Fsp3) is 0.312. The predicted molar refractivity (Wildman–Crippen MR) is 96.1 cm³/mol. The van der Waals surface area contributed by atoms with Crippen LogP contribution in [0.25, 0.3) is 11.4 Å². The molecule has 0 spiro atoms. The Kier molecular flexibility index (Phi) is 3.84. The number of aryl methyl sites for hydroxylation is 2. The molecule has 7 nitrogen and oxygen atoms in total. The van der Waals surface area contributed by atoms with Crippen molar-refractivity contribution in [2.45, 2.75) is 37.6 Å². The van der Waals surface area contributed by atoms with Gasteiger partial charge in [0.2, 0.25) is 0 Å². The molecule has 1 N–H and O–H groups in total. The molecule has 1 aliphatic carbocycles. The van der Waals surface area contributed by atoms with Crippen molar-refractivity contribution >= 4 is 27.0 Å². The molecule has 1 fully saturated rings. The number of hydrogen-bond donors (Lipinski definition) is 1. The van der Waals surface area contributed by atoms with Gasteiger partial charge in [-0.3, -0.25) is 4.72 Å². The lowest BCUT2D eigenvalue weighted by atomic mass is 10.2. The molecule has 1 aliphatic rings. The fourth-order valence-corrected chi connectivity index (χ4v) is 5.36. The Balaban J connectivity index is 1.66. The smallest absolute Gasteiger partial charge is 0.262 e. The van der Waals surface area contributed by atoms with Crippen molar-refractivity contribution in [1.82, 2.24) is 20.2 Å². The molecule has 3 aromatic rings. The largest absolute Gasteiger partial charge is 0.280 e. The van der Waals surface area contributed by atoms with E-state index in [2.05, 4.69) is 20.2 Å². The molecule has 9 heteroatoms. The van der Waals surface area contributed by atoms with Crippen LogP contribution in [-0.4, -0.2) is 28.6 Å². The number of nitrogens with one attached hydrogen (secondary N) is 1. The number of aromatic nitrogens is 4. The van der Waals surface area contributed by atoms with E-state index in [1.165, 1.54) is 11.3 Å². The average Bonchev–Trinajstić information content (AvgIpc) is 3.17. The summed E-state index contributed by atoms with van der Waals surface area (Å²) >= 11 is 1.47. The Morgan fingerprint density at radius 3 is 2.72 bits per heavy atom. The lowest BCUT2D eigenvalue weighted by molar-refractivity contribution is 0.601. The summed E-state index contributed by atoms with van der Waals surface area (Å²) in [6.45, 7) is 3.71. The van der Waals surface area contributed by atoms with E-state index in [-0.39, 0.29) is 0 Å². The number of tetrazole rings is 1. The topological polar surface area (TPSA) is 89.8 Å². The van der Waals surface area contributed by atoms with E-state index < -0.39 is 10.0 Å². The first-order chi connectivity index (χ1) is 11.9. The Morgan fingerprint density at radius 2 is 2.04 bits per heavy atom. The van der Waals surface area contributed by atoms with Crippen molar-refractivity contribution in [3.63, 3.8) is 0 Å². The third-order valence-electron chi connectivity index (χ3n) is 4.04. The van der Waals surface area contributed by atoms with Crippen LogP contribution in [0.4, 0.5) is 5.69 Å². The van der Waals surface area contributed by atoms with Crippen LogP contribution in [0.5, 0.6) is 0 Å². The summed E-state index contributed by atoms with van der Waals surface area (Å²) in [5.41, 5.74) is 1.28. The summed E-state index contributed by atoms with van der Waals surface area (Å²) in [6, 6.07) is 9.20. The van der Waals surface area contributed by atoms with Gasteiger partial charge in [-0.1, -0.05) is 12.1 Å². The second-order valence-corrected chi connectivity index (χ2v) is 9.25. The second-order valence-electron chi connectivity index (χ2n) is 6.14. The normalized spacial score (nSPS) is 14.6. The van der Waals surface area contributed by atoms with Crippen LogP contribution in [-0.2, 0) is 10.0 Å². The zero-order chi connectivity index (χ0) is 17.6. The van der Waals surface area contributed by atoms with Gasteiger partial charge in [0.1, 0.15) is 4.90 Å². The highest BCUT2D eigenvalue weighted by Gasteiger charge is 2.28. The zero-order valence-electron chi connectivity index (χ0n) is 13.8. The SMILES string of the molecule is Cc1cc(S(=O)(=O)Nc2cccc(-c3nnnn3C3CC3)c2)c(C)s1. The molecule has 130 valence electrons. The van der Waals surface area contributed by atoms with Crippen LogP contribution in [0, 0.1) is 13.8 Å². The Morgan fingerprint density at radius 1 is 1.24 bits per heavy atom. The summed E-state index contributed by atoms with van der Waals surface area (Å²) in [5, 5.41) is 11.9. The maximum Gasteiger partial charge on any atom is 0.262 e. The summed E-state index contributed by atoms with van der Waals surface area (Å²) in [4.78, 5) is 2.07. The summed E-state index contributed by atoms with van der Waals surface area (Å²) in [7, 11) is -3.62. The van der Waals surface area contributed by atoms with E-state index in [4.69, 9.17) is 0 Å². The first-order valence-electron chi connectivity index (χ1n) is 7.92. The van der Waals surface area contributed by atoms with Gasteiger partial charge in [-0.25, -0.2) is 13.1 Å². The molecular formula is C16H17N5O2S2. The van der Waals surface area contributed by atoms with Crippen molar-refractivity contribution in [2.24, 2.45) is 0 Å². The molecule has 0 bridgehead atoms. The number of rotatable bonds is 5. The van der Waals surface area contributed by atoms with E-state index in [1.807, 2.05) is 19.9 Å². The summed E-state index contributed by atoms with van der Waals surface area (Å²) < 4.78 is 29.8. The molecule has 2 aromatic heterocycles. The lowest BCUT2D eigenvalue weighted by Crippen LogP contribution is -2.13. The van der Waals surface area contributed by atoms with Crippen molar-refractivity contribution < 1.29 is 8.42 Å². The van der Waals surface area contributed by atoms with E-state index in [9.17, 15) is 8.42 Å². The molecule has 25 heavy (non-hydrogen) atoms. The van der Waals surface area contributed by atoms with Crippen molar-refractivity contribution in [3.05, 3.63) is 40.1 Å². The molecule has 0 saturated heterocycles. The van der Waals surface area contributed by atoms with Gasteiger partial charge in [-0.05, 0) is 55.3 Å². The number of sulfonamides is 1. The maximum absolute atomic E-state index is 12.7. The zero-order valence-corrected chi connectivity index (χ0v) is 15.4. The van der Waals surface area contributed by atoms with E-state index in [0.29, 0.717) is 22.4 Å². The van der Waals surface area contributed by atoms with Gasteiger partial charge in [-0.15, -0.1) is 16.4 Å². The highest BCUT2D eigenvalue weighted by Crippen LogP contribution is 2.37.